The van der Waals surface area contributed by atoms with E-state index in [1.54, 1.807) is 12.1 Å². The van der Waals surface area contributed by atoms with E-state index in [0.29, 0.717) is 6.42 Å². The van der Waals surface area contributed by atoms with E-state index in [0.717, 1.165) is 16.0 Å². The first-order chi connectivity index (χ1) is 15.4. The van der Waals surface area contributed by atoms with Gasteiger partial charge in [-0.1, -0.05) is 48.5 Å². The third-order valence-electron chi connectivity index (χ3n) is 4.75. The highest BCUT2D eigenvalue weighted by Crippen LogP contribution is 2.25. The van der Waals surface area contributed by atoms with Gasteiger partial charge in [0.2, 0.25) is 10.0 Å². The molecule has 7 nitrogen and oxygen atoms in total. The monoisotopic (exact) mass is 472 g/mol. The number of nitrogens with one attached hydrogen (secondary N) is 2. The SMILES string of the molecule is CNS(=O)(=O)c1ccc(CCC(=O)OCC(=O)NC(c2ccccc2)c2cccs2)cc1. The van der Waals surface area contributed by atoms with Crippen molar-refractivity contribution >= 4 is 33.2 Å². The van der Waals surface area contributed by atoms with E-state index < -0.39 is 16.0 Å². The van der Waals surface area contributed by atoms with Crippen LogP contribution in [-0.2, 0) is 30.8 Å². The van der Waals surface area contributed by atoms with E-state index in [1.807, 2.05) is 47.8 Å². The number of amides is 1. The molecule has 32 heavy (non-hydrogen) atoms. The smallest absolute Gasteiger partial charge is 0.306 e. The molecule has 2 aromatic carbocycles. The third kappa shape index (κ3) is 6.49. The van der Waals surface area contributed by atoms with Gasteiger partial charge in [0, 0.05) is 11.3 Å². The average molecular weight is 473 g/mol. The molecule has 0 saturated carbocycles. The van der Waals surface area contributed by atoms with Gasteiger partial charge < -0.3 is 10.1 Å². The van der Waals surface area contributed by atoms with E-state index in [2.05, 4.69) is 10.0 Å². The number of hydrogen-bond acceptors (Lipinski definition) is 6. The first-order valence-corrected chi connectivity index (χ1v) is 12.3. The molecule has 0 radical (unpaired) electrons. The lowest BCUT2D eigenvalue weighted by Gasteiger charge is -2.18. The number of esters is 1. The van der Waals surface area contributed by atoms with Crippen molar-refractivity contribution in [3.8, 4) is 0 Å². The van der Waals surface area contributed by atoms with Gasteiger partial charge in [-0.15, -0.1) is 11.3 Å². The summed E-state index contributed by atoms with van der Waals surface area (Å²) in [6, 6.07) is 19.4. The van der Waals surface area contributed by atoms with Crippen molar-refractivity contribution in [2.75, 3.05) is 13.7 Å². The van der Waals surface area contributed by atoms with Gasteiger partial charge in [-0.05, 0) is 48.2 Å². The standard InChI is InChI=1S/C23H24N2O5S2/c1-24-32(28,29)19-12-9-17(10-13-19)11-14-22(27)30-16-21(26)25-23(20-8-5-15-31-20)18-6-3-2-4-7-18/h2-10,12-13,15,23-24H,11,14,16H2,1H3,(H,25,26). The molecule has 1 unspecified atom stereocenters. The first kappa shape index (κ1) is 23.6. The summed E-state index contributed by atoms with van der Waals surface area (Å²) in [5.41, 5.74) is 1.74. The molecule has 168 valence electrons. The average Bonchev–Trinajstić information content (AvgIpc) is 3.35. The quantitative estimate of drug-likeness (QED) is 0.442. The highest BCUT2D eigenvalue weighted by atomic mass is 32.2. The van der Waals surface area contributed by atoms with Crippen molar-refractivity contribution < 1.29 is 22.7 Å². The lowest BCUT2D eigenvalue weighted by molar-refractivity contribution is -0.148. The van der Waals surface area contributed by atoms with Crippen molar-refractivity contribution in [3.05, 3.63) is 88.1 Å². The molecule has 3 rings (SSSR count). The Balaban J connectivity index is 1.49. The van der Waals surface area contributed by atoms with Gasteiger partial charge in [-0.2, -0.15) is 0 Å². The Labute approximate surface area is 191 Å². The highest BCUT2D eigenvalue weighted by molar-refractivity contribution is 7.89. The maximum Gasteiger partial charge on any atom is 0.306 e. The van der Waals surface area contributed by atoms with Crippen LogP contribution in [0.3, 0.4) is 0 Å². The number of rotatable bonds is 10. The molecule has 2 N–H and O–H groups in total. The minimum atomic E-state index is -3.50. The fraction of sp³-hybridized carbons (Fsp3) is 0.217. The minimum Gasteiger partial charge on any atom is -0.456 e. The largest absolute Gasteiger partial charge is 0.456 e. The zero-order valence-corrected chi connectivity index (χ0v) is 19.1. The maximum absolute atomic E-state index is 12.4. The van der Waals surface area contributed by atoms with Crippen LogP contribution in [0.25, 0.3) is 0 Å². The topological polar surface area (TPSA) is 102 Å². The third-order valence-corrected chi connectivity index (χ3v) is 7.12. The Hall–Kier alpha value is -3.01. The number of sulfonamides is 1. The van der Waals surface area contributed by atoms with Crippen molar-refractivity contribution in [1.82, 2.24) is 10.0 Å². The van der Waals surface area contributed by atoms with Crippen LogP contribution in [0.2, 0.25) is 0 Å². The van der Waals surface area contributed by atoms with E-state index in [4.69, 9.17) is 4.74 Å². The summed E-state index contributed by atoms with van der Waals surface area (Å²) in [6.45, 7) is -0.368. The van der Waals surface area contributed by atoms with Crippen molar-refractivity contribution in [3.63, 3.8) is 0 Å². The molecular formula is C23H24N2O5S2. The second-order valence-electron chi connectivity index (χ2n) is 6.94. The summed E-state index contributed by atoms with van der Waals surface area (Å²) >= 11 is 1.54. The number of ether oxygens (including phenoxy) is 1. The normalized spacial score (nSPS) is 12.2. The summed E-state index contributed by atoms with van der Waals surface area (Å²) in [7, 11) is -2.15. The van der Waals surface area contributed by atoms with Crippen LogP contribution in [0, 0.1) is 0 Å². The molecular weight excluding hydrogens is 448 g/mol. The van der Waals surface area contributed by atoms with Gasteiger partial charge in [-0.25, -0.2) is 13.1 Å². The zero-order valence-electron chi connectivity index (χ0n) is 17.5. The lowest BCUT2D eigenvalue weighted by atomic mass is 10.1. The van der Waals surface area contributed by atoms with Crippen molar-refractivity contribution in [1.29, 1.82) is 0 Å². The molecule has 3 aromatic rings. The Morgan fingerprint density at radius 2 is 1.72 bits per heavy atom. The van der Waals surface area contributed by atoms with E-state index in [-0.39, 0.29) is 29.9 Å². The van der Waals surface area contributed by atoms with Gasteiger partial charge >= 0.3 is 5.97 Å². The number of carbonyl (C=O) groups excluding carboxylic acids is 2. The van der Waals surface area contributed by atoms with Crippen molar-refractivity contribution in [2.24, 2.45) is 0 Å². The molecule has 0 aliphatic heterocycles. The van der Waals surface area contributed by atoms with Crippen LogP contribution in [0.15, 0.2) is 77.0 Å². The molecule has 1 aromatic heterocycles. The molecule has 1 heterocycles. The summed E-state index contributed by atoms with van der Waals surface area (Å²) in [6.07, 6.45) is 0.459. The Kier molecular flexibility index (Phi) is 8.15. The molecule has 0 fully saturated rings. The van der Waals surface area contributed by atoms with Gasteiger partial charge in [0.25, 0.3) is 5.91 Å². The number of benzene rings is 2. The Bertz CT molecular complexity index is 1130. The first-order valence-electron chi connectivity index (χ1n) is 9.95. The van der Waals surface area contributed by atoms with Crippen LogP contribution >= 0.6 is 11.3 Å². The molecule has 1 amide bonds. The fourth-order valence-electron chi connectivity index (χ4n) is 3.04. The summed E-state index contributed by atoms with van der Waals surface area (Å²) < 4.78 is 30.9. The molecule has 0 aliphatic rings. The molecule has 0 aliphatic carbocycles. The number of aryl methyl sites for hydroxylation is 1. The maximum atomic E-state index is 12.4. The Morgan fingerprint density at radius 3 is 2.34 bits per heavy atom. The van der Waals surface area contributed by atoms with Crippen LogP contribution in [0.1, 0.15) is 28.5 Å². The molecule has 0 bridgehead atoms. The second kappa shape index (κ2) is 11.0. The van der Waals surface area contributed by atoms with Crippen molar-refractivity contribution in [2.45, 2.75) is 23.8 Å². The summed E-state index contributed by atoms with van der Waals surface area (Å²) in [5.74, 6) is -0.887. The van der Waals surface area contributed by atoms with Crippen LogP contribution in [0.4, 0.5) is 0 Å². The van der Waals surface area contributed by atoms with Gasteiger partial charge in [-0.3, -0.25) is 9.59 Å². The fourth-order valence-corrected chi connectivity index (χ4v) is 4.57. The highest BCUT2D eigenvalue weighted by Gasteiger charge is 2.18. The van der Waals surface area contributed by atoms with E-state index >= 15 is 0 Å². The predicted octanol–water partition coefficient (Wildman–Crippen LogP) is 3.04. The van der Waals surface area contributed by atoms with Gasteiger partial charge in [0.05, 0.1) is 10.9 Å². The van der Waals surface area contributed by atoms with Crippen LogP contribution in [-0.4, -0.2) is 33.9 Å². The molecule has 9 heteroatoms. The number of thiophene rings is 1. The summed E-state index contributed by atoms with van der Waals surface area (Å²) in [4.78, 5) is 25.6. The Morgan fingerprint density at radius 1 is 1.00 bits per heavy atom. The predicted molar refractivity (Wildman–Crippen MR) is 123 cm³/mol. The molecule has 1 atom stereocenters. The van der Waals surface area contributed by atoms with E-state index in [1.165, 1.54) is 30.5 Å². The van der Waals surface area contributed by atoms with Crippen LogP contribution in [0.5, 0.6) is 0 Å². The zero-order chi connectivity index (χ0) is 23.0. The van der Waals surface area contributed by atoms with E-state index in [9.17, 15) is 18.0 Å². The lowest BCUT2D eigenvalue weighted by Crippen LogP contribution is -2.32. The summed E-state index contributed by atoms with van der Waals surface area (Å²) in [5, 5.41) is 4.86. The van der Waals surface area contributed by atoms with Crippen LogP contribution < -0.4 is 10.0 Å². The van der Waals surface area contributed by atoms with Gasteiger partial charge in [0.1, 0.15) is 0 Å². The number of carbonyl (C=O) groups is 2. The molecule has 0 saturated heterocycles. The minimum absolute atomic E-state index is 0.0818. The van der Waals surface area contributed by atoms with Gasteiger partial charge in [0.15, 0.2) is 6.61 Å². The second-order valence-corrected chi connectivity index (χ2v) is 9.80. The molecule has 0 spiro atoms. The number of hydrogen-bond donors (Lipinski definition) is 2.